The summed E-state index contributed by atoms with van der Waals surface area (Å²) in [4.78, 5) is 19.7. The van der Waals surface area contributed by atoms with Crippen molar-refractivity contribution in [3.05, 3.63) is 65.9 Å². The summed E-state index contributed by atoms with van der Waals surface area (Å²) in [6.45, 7) is 2.71. The fraction of sp³-hybridized carbons (Fsp3) is 0.304. The number of ether oxygens (including phenoxy) is 1. The number of aryl methyl sites for hydroxylation is 1. The van der Waals surface area contributed by atoms with Gasteiger partial charge < -0.3 is 9.64 Å². The molecule has 0 spiro atoms. The van der Waals surface area contributed by atoms with Gasteiger partial charge in [-0.25, -0.2) is 8.42 Å². The lowest BCUT2D eigenvalue weighted by Crippen LogP contribution is -2.42. The van der Waals surface area contributed by atoms with Crippen LogP contribution in [-0.4, -0.2) is 49.7 Å². The first kappa shape index (κ1) is 20.3. The number of carbonyl (C=O) groups is 1. The second-order valence-corrected chi connectivity index (χ2v) is 9.77. The summed E-state index contributed by atoms with van der Waals surface area (Å²) in [5, 5.41) is 0.422. The SMILES string of the molecule is COc1ccc(S(=O)(=O)C2CCN(C(=O)c3cccc4ccc(C)nc34)CC2)cc1. The number of sulfone groups is 1. The Morgan fingerprint density at radius 1 is 1.03 bits per heavy atom. The summed E-state index contributed by atoms with van der Waals surface area (Å²) in [7, 11) is -1.90. The Bertz CT molecular complexity index is 1180. The van der Waals surface area contributed by atoms with Gasteiger partial charge in [-0.2, -0.15) is 0 Å². The molecule has 1 amide bonds. The molecule has 1 aliphatic rings. The van der Waals surface area contributed by atoms with E-state index in [9.17, 15) is 13.2 Å². The van der Waals surface area contributed by atoms with Gasteiger partial charge in [0.25, 0.3) is 5.91 Å². The molecule has 1 fully saturated rings. The van der Waals surface area contributed by atoms with Crippen LogP contribution in [0, 0.1) is 6.92 Å². The van der Waals surface area contributed by atoms with Crippen molar-refractivity contribution in [3.63, 3.8) is 0 Å². The number of fused-ring (bicyclic) bond motifs is 1. The Hall–Kier alpha value is -2.93. The maximum absolute atomic E-state index is 13.1. The van der Waals surface area contributed by atoms with Crippen LogP contribution in [0.3, 0.4) is 0 Å². The normalized spacial score (nSPS) is 15.3. The Labute approximate surface area is 176 Å². The third-order valence-corrected chi connectivity index (χ3v) is 7.92. The van der Waals surface area contributed by atoms with Crippen LogP contribution in [0.2, 0.25) is 0 Å². The smallest absolute Gasteiger partial charge is 0.256 e. The fourth-order valence-corrected chi connectivity index (χ4v) is 5.65. The third-order valence-electron chi connectivity index (χ3n) is 5.65. The average Bonchev–Trinajstić information content (AvgIpc) is 2.78. The summed E-state index contributed by atoms with van der Waals surface area (Å²) in [6, 6.07) is 15.9. The number of carbonyl (C=O) groups excluding carboxylic acids is 1. The van der Waals surface area contributed by atoms with Crippen LogP contribution in [0.5, 0.6) is 5.75 Å². The summed E-state index contributed by atoms with van der Waals surface area (Å²) in [5.41, 5.74) is 2.11. The number of piperidine rings is 1. The quantitative estimate of drug-likeness (QED) is 0.639. The molecule has 1 aliphatic heterocycles. The number of benzene rings is 2. The van der Waals surface area contributed by atoms with E-state index < -0.39 is 15.1 Å². The van der Waals surface area contributed by atoms with Gasteiger partial charge in [0.05, 0.1) is 28.3 Å². The Morgan fingerprint density at radius 2 is 1.73 bits per heavy atom. The summed E-state index contributed by atoms with van der Waals surface area (Å²) in [5.74, 6) is 0.521. The number of methoxy groups -OCH3 is 1. The van der Waals surface area contributed by atoms with E-state index in [0.717, 1.165) is 11.1 Å². The first-order valence-electron chi connectivity index (χ1n) is 9.94. The van der Waals surface area contributed by atoms with Crippen LogP contribution >= 0.6 is 0 Å². The molecular weight excluding hydrogens is 400 g/mol. The zero-order valence-corrected chi connectivity index (χ0v) is 17.9. The van der Waals surface area contributed by atoms with E-state index in [1.165, 1.54) is 0 Å². The predicted molar refractivity (Wildman–Crippen MR) is 116 cm³/mol. The van der Waals surface area contributed by atoms with Gasteiger partial charge in [0, 0.05) is 24.2 Å². The van der Waals surface area contributed by atoms with Crippen LogP contribution in [0.25, 0.3) is 10.9 Å². The molecule has 0 saturated carbocycles. The highest BCUT2D eigenvalue weighted by Crippen LogP contribution is 2.27. The topological polar surface area (TPSA) is 76.6 Å². The number of aromatic nitrogens is 1. The van der Waals surface area contributed by atoms with Gasteiger partial charge in [-0.1, -0.05) is 18.2 Å². The van der Waals surface area contributed by atoms with Crippen molar-refractivity contribution in [2.75, 3.05) is 20.2 Å². The van der Waals surface area contributed by atoms with Crippen molar-refractivity contribution in [1.82, 2.24) is 9.88 Å². The number of hydrogen-bond donors (Lipinski definition) is 0. The number of rotatable bonds is 4. The third kappa shape index (κ3) is 3.77. The Balaban J connectivity index is 1.50. The van der Waals surface area contributed by atoms with Crippen LogP contribution < -0.4 is 4.74 Å². The molecule has 6 nitrogen and oxygen atoms in total. The van der Waals surface area contributed by atoms with Gasteiger partial charge in [0.2, 0.25) is 0 Å². The first-order valence-corrected chi connectivity index (χ1v) is 11.5. The maximum Gasteiger partial charge on any atom is 0.256 e. The monoisotopic (exact) mass is 424 g/mol. The number of amides is 1. The largest absolute Gasteiger partial charge is 0.497 e. The van der Waals surface area contributed by atoms with E-state index in [2.05, 4.69) is 4.98 Å². The highest BCUT2D eigenvalue weighted by molar-refractivity contribution is 7.92. The second kappa shape index (κ2) is 8.07. The number of para-hydroxylation sites is 1. The van der Waals surface area contributed by atoms with Crippen LogP contribution in [-0.2, 0) is 9.84 Å². The summed E-state index contributed by atoms with van der Waals surface area (Å²) in [6.07, 6.45) is 0.828. The van der Waals surface area contributed by atoms with Crippen molar-refractivity contribution < 1.29 is 17.9 Å². The molecule has 0 N–H and O–H groups in total. The number of likely N-dealkylation sites (tertiary alicyclic amines) is 1. The lowest BCUT2D eigenvalue weighted by molar-refractivity contribution is 0.0727. The molecule has 1 aromatic heterocycles. The van der Waals surface area contributed by atoms with Crippen molar-refractivity contribution in [2.24, 2.45) is 0 Å². The van der Waals surface area contributed by atoms with Gasteiger partial charge in [-0.3, -0.25) is 9.78 Å². The Morgan fingerprint density at radius 3 is 2.40 bits per heavy atom. The van der Waals surface area contributed by atoms with Gasteiger partial charge in [-0.15, -0.1) is 0 Å². The minimum atomic E-state index is -3.45. The first-order chi connectivity index (χ1) is 14.4. The zero-order valence-electron chi connectivity index (χ0n) is 17.0. The minimum absolute atomic E-state index is 0.0982. The van der Waals surface area contributed by atoms with Gasteiger partial charge in [0.15, 0.2) is 9.84 Å². The molecule has 0 radical (unpaired) electrons. The lowest BCUT2D eigenvalue weighted by atomic mass is 10.1. The van der Waals surface area contributed by atoms with Crippen molar-refractivity contribution in [1.29, 1.82) is 0 Å². The molecule has 156 valence electrons. The second-order valence-electron chi connectivity index (χ2n) is 7.54. The molecular formula is C23H24N2O4S. The lowest BCUT2D eigenvalue weighted by Gasteiger charge is -2.32. The van der Waals surface area contributed by atoms with Crippen molar-refractivity contribution in [2.45, 2.75) is 29.9 Å². The molecule has 30 heavy (non-hydrogen) atoms. The Kier molecular flexibility index (Phi) is 5.47. The van der Waals surface area contributed by atoms with E-state index >= 15 is 0 Å². The van der Waals surface area contributed by atoms with Crippen LogP contribution in [0.4, 0.5) is 0 Å². The van der Waals surface area contributed by atoms with E-state index in [4.69, 9.17) is 4.74 Å². The number of pyridine rings is 1. The molecule has 0 unspecified atom stereocenters. The van der Waals surface area contributed by atoms with Gasteiger partial charge in [-0.05, 0) is 56.2 Å². The standard InChI is InChI=1S/C23H24N2O4S/c1-16-6-7-17-4-3-5-21(22(17)24-16)23(26)25-14-12-20(13-15-25)30(27,28)19-10-8-18(29-2)9-11-19/h3-11,20H,12-15H2,1-2H3. The van der Waals surface area contributed by atoms with Crippen LogP contribution in [0.1, 0.15) is 28.9 Å². The van der Waals surface area contributed by atoms with E-state index in [1.54, 1.807) is 42.3 Å². The van der Waals surface area contributed by atoms with E-state index in [1.807, 2.05) is 31.2 Å². The molecule has 0 bridgehead atoms. The van der Waals surface area contributed by atoms with Gasteiger partial charge >= 0.3 is 0 Å². The minimum Gasteiger partial charge on any atom is -0.497 e. The van der Waals surface area contributed by atoms with E-state index in [0.29, 0.717) is 47.7 Å². The molecule has 1 saturated heterocycles. The van der Waals surface area contributed by atoms with E-state index in [-0.39, 0.29) is 5.91 Å². The summed E-state index contributed by atoms with van der Waals surface area (Å²) >= 11 is 0. The number of hydrogen-bond acceptors (Lipinski definition) is 5. The molecule has 4 rings (SSSR count). The summed E-state index contributed by atoms with van der Waals surface area (Å²) < 4.78 is 31.1. The van der Waals surface area contributed by atoms with Crippen molar-refractivity contribution >= 4 is 26.6 Å². The van der Waals surface area contributed by atoms with Crippen LogP contribution in [0.15, 0.2) is 59.5 Å². The highest BCUT2D eigenvalue weighted by atomic mass is 32.2. The van der Waals surface area contributed by atoms with Gasteiger partial charge in [0.1, 0.15) is 5.75 Å². The molecule has 0 atom stereocenters. The molecule has 0 aliphatic carbocycles. The predicted octanol–water partition coefficient (Wildman–Crippen LogP) is 3.63. The molecule has 2 heterocycles. The fourth-order valence-electron chi connectivity index (χ4n) is 3.91. The molecule has 7 heteroatoms. The number of nitrogens with zero attached hydrogens (tertiary/aromatic N) is 2. The average molecular weight is 425 g/mol. The van der Waals surface area contributed by atoms with Crippen molar-refractivity contribution in [3.8, 4) is 5.75 Å². The maximum atomic E-state index is 13.1. The highest BCUT2D eigenvalue weighted by Gasteiger charge is 2.33. The molecule has 2 aromatic carbocycles. The zero-order chi connectivity index (χ0) is 21.3. The molecule has 3 aromatic rings.